The van der Waals surface area contributed by atoms with E-state index >= 15 is 0 Å². The smallest absolute Gasteiger partial charge is 0.321 e. The Balaban J connectivity index is 1.48. The van der Waals surface area contributed by atoms with Crippen molar-refractivity contribution in [1.29, 1.82) is 0 Å². The lowest BCUT2D eigenvalue weighted by atomic mass is 9.99. The lowest BCUT2D eigenvalue weighted by molar-refractivity contribution is -0.116. The Bertz CT molecular complexity index is 1250. The number of hydrogen-bond donors (Lipinski definition) is 3. The van der Waals surface area contributed by atoms with Crippen molar-refractivity contribution in [3.63, 3.8) is 0 Å². The molecule has 2 aromatic carbocycles. The Kier molecular flexibility index (Phi) is 11.2. The van der Waals surface area contributed by atoms with E-state index in [-0.39, 0.29) is 42.5 Å². The third-order valence-electron chi connectivity index (χ3n) is 7.85. The molecule has 2 aliphatic heterocycles. The van der Waals surface area contributed by atoms with Gasteiger partial charge in [0.2, 0.25) is 5.91 Å². The molecule has 1 saturated heterocycles. The number of aliphatic hydroxyl groups is 1. The van der Waals surface area contributed by atoms with Gasteiger partial charge >= 0.3 is 6.03 Å². The first-order valence-electron chi connectivity index (χ1n) is 14.7. The summed E-state index contributed by atoms with van der Waals surface area (Å²) in [6.07, 6.45) is -0.138. The van der Waals surface area contributed by atoms with Gasteiger partial charge in [0.15, 0.2) is 0 Å². The molecule has 2 heterocycles. The molecule has 234 valence electrons. The van der Waals surface area contributed by atoms with Gasteiger partial charge in [0.25, 0.3) is 5.91 Å². The van der Waals surface area contributed by atoms with E-state index in [0.29, 0.717) is 55.6 Å². The molecule has 0 unspecified atom stereocenters. The van der Waals surface area contributed by atoms with Crippen molar-refractivity contribution in [3.05, 3.63) is 48.0 Å². The highest BCUT2D eigenvalue weighted by atomic mass is 16.5. The molecule has 4 amide bonds. The van der Waals surface area contributed by atoms with Crippen LogP contribution in [0.2, 0.25) is 0 Å². The fourth-order valence-electron chi connectivity index (χ4n) is 5.07. The third kappa shape index (κ3) is 8.59. The number of urea groups is 1. The molecule has 3 atom stereocenters. The molecule has 2 aliphatic rings. The molecule has 3 N–H and O–H groups in total. The SMILES string of the molecule is COc1ccc(NC(=O)N(C)C[C@@H]2Oc3ccc(NC(=O)CCN4CCOCC4)cc3C(=O)N([C@@H](C)CO)C[C@H]2C)cc1. The molecular formula is C31H43N5O7. The molecule has 0 aliphatic carbocycles. The van der Waals surface area contributed by atoms with Crippen LogP contribution in [-0.2, 0) is 9.53 Å². The van der Waals surface area contributed by atoms with Crippen LogP contribution < -0.4 is 20.1 Å². The van der Waals surface area contributed by atoms with Crippen LogP contribution in [0.4, 0.5) is 16.2 Å². The van der Waals surface area contributed by atoms with E-state index in [0.717, 1.165) is 13.1 Å². The number of amides is 4. The number of anilines is 2. The average molecular weight is 598 g/mol. The first kappa shape index (κ1) is 32.1. The van der Waals surface area contributed by atoms with Crippen LogP contribution in [0.5, 0.6) is 11.5 Å². The number of nitrogens with zero attached hydrogens (tertiary/aromatic N) is 3. The first-order chi connectivity index (χ1) is 20.7. The van der Waals surface area contributed by atoms with Gasteiger partial charge in [-0.25, -0.2) is 4.79 Å². The van der Waals surface area contributed by atoms with Crippen LogP contribution in [0.3, 0.4) is 0 Å². The zero-order valence-electron chi connectivity index (χ0n) is 25.4. The molecule has 0 spiro atoms. The van der Waals surface area contributed by atoms with Gasteiger partial charge in [-0.2, -0.15) is 0 Å². The zero-order chi connectivity index (χ0) is 30.9. The minimum Gasteiger partial charge on any atom is -0.497 e. The monoisotopic (exact) mass is 597 g/mol. The summed E-state index contributed by atoms with van der Waals surface area (Å²) >= 11 is 0. The topological polar surface area (TPSA) is 133 Å². The lowest BCUT2D eigenvalue weighted by Gasteiger charge is -2.38. The molecule has 0 bridgehead atoms. The maximum absolute atomic E-state index is 13.7. The number of carbonyl (C=O) groups excluding carboxylic acids is 3. The normalized spacial score (nSPS) is 19.7. The summed E-state index contributed by atoms with van der Waals surface area (Å²) in [6.45, 7) is 7.66. The van der Waals surface area contributed by atoms with Crippen molar-refractivity contribution >= 4 is 29.2 Å². The minimum atomic E-state index is -0.458. The highest BCUT2D eigenvalue weighted by Gasteiger charge is 2.34. The highest BCUT2D eigenvalue weighted by molar-refractivity contribution is 6.00. The number of morpholine rings is 1. The number of fused-ring (bicyclic) bond motifs is 1. The fourth-order valence-corrected chi connectivity index (χ4v) is 5.07. The Morgan fingerprint density at radius 1 is 1.12 bits per heavy atom. The maximum Gasteiger partial charge on any atom is 0.321 e. The second-order valence-electron chi connectivity index (χ2n) is 11.1. The number of benzene rings is 2. The van der Waals surface area contributed by atoms with Crippen molar-refractivity contribution in [3.8, 4) is 11.5 Å². The summed E-state index contributed by atoms with van der Waals surface area (Å²) in [5, 5.41) is 15.7. The second kappa shape index (κ2) is 15.0. The van der Waals surface area contributed by atoms with Crippen molar-refractivity contribution in [2.75, 3.05) is 77.3 Å². The quantitative estimate of drug-likeness (QED) is 0.381. The largest absolute Gasteiger partial charge is 0.497 e. The summed E-state index contributed by atoms with van der Waals surface area (Å²) in [5.41, 5.74) is 1.40. The van der Waals surface area contributed by atoms with E-state index in [1.165, 1.54) is 4.90 Å². The molecule has 0 aromatic heterocycles. The number of likely N-dealkylation sites (N-methyl/N-ethyl adjacent to an activating group) is 1. The molecule has 0 radical (unpaired) electrons. The Morgan fingerprint density at radius 3 is 2.49 bits per heavy atom. The number of carbonyl (C=O) groups is 3. The molecule has 43 heavy (non-hydrogen) atoms. The van der Waals surface area contributed by atoms with Gasteiger partial charge in [0.1, 0.15) is 17.6 Å². The van der Waals surface area contributed by atoms with Gasteiger partial charge < -0.3 is 39.8 Å². The summed E-state index contributed by atoms with van der Waals surface area (Å²) in [6, 6.07) is 11.3. The molecule has 2 aromatic rings. The van der Waals surface area contributed by atoms with E-state index in [4.69, 9.17) is 14.2 Å². The summed E-state index contributed by atoms with van der Waals surface area (Å²) in [7, 11) is 3.26. The number of rotatable bonds is 10. The molecular weight excluding hydrogens is 554 g/mol. The van der Waals surface area contributed by atoms with Gasteiger partial charge in [-0.1, -0.05) is 6.92 Å². The van der Waals surface area contributed by atoms with E-state index < -0.39 is 12.1 Å². The second-order valence-corrected chi connectivity index (χ2v) is 11.1. The third-order valence-corrected chi connectivity index (χ3v) is 7.85. The Labute approximate surface area is 252 Å². The molecule has 12 heteroatoms. The number of ether oxygens (including phenoxy) is 3. The number of methoxy groups -OCH3 is 1. The maximum atomic E-state index is 13.7. The van der Waals surface area contributed by atoms with Crippen molar-refractivity contribution < 1.29 is 33.7 Å². The van der Waals surface area contributed by atoms with E-state index in [1.54, 1.807) is 68.4 Å². The molecule has 4 rings (SSSR count). The van der Waals surface area contributed by atoms with Gasteiger partial charge in [-0.15, -0.1) is 0 Å². The molecule has 0 saturated carbocycles. The van der Waals surface area contributed by atoms with Crippen molar-refractivity contribution in [2.45, 2.75) is 32.4 Å². The van der Waals surface area contributed by atoms with Crippen molar-refractivity contribution in [1.82, 2.24) is 14.7 Å². The molecule has 12 nitrogen and oxygen atoms in total. The number of hydrogen-bond acceptors (Lipinski definition) is 8. The van der Waals surface area contributed by atoms with E-state index in [9.17, 15) is 19.5 Å². The molecule has 1 fully saturated rings. The van der Waals surface area contributed by atoms with Crippen LogP contribution in [0.15, 0.2) is 42.5 Å². The summed E-state index contributed by atoms with van der Waals surface area (Å²) in [4.78, 5) is 44.8. The highest BCUT2D eigenvalue weighted by Crippen LogP contribution is 2.31. The predicted octanol–water partition coefficient (Wildman–Crippen LogP) is 2.74. The standard InChI is InChI=1S/C31H43N5O7/c1-21-18-36(22(2)20-37)30(39)26-17-24(32-29(38)11-12-35-13-15-42-16-14-35)7-10-27(26)43-28(21)19-34(3)31(40)33-23-5-8-25(41-4)9-6-23/h5-10,17,21-22,28,37H,11-16,18-20H2,1-4H3,(H,32,38)(H,33,40)/t21-,22+,28+/m1/s1. The van der Waals surface area contributed by atoms with Gasteiger partial charge in [-0.05, 0) is 49.4 Å². The van der Waals surface area contributed by atoms with Crippen LogP contribution in [0.1, 0.15) is 30.6 Å². The van der Waals surface area contributed by atoms with Gasteiger partial charge in [-0.3, -0.25) is 14.5 Å². The lowest BCUT2D eigenvalue weighted by Crippen LogP contribution is -2.50. The van der Waals surface area contributed by atoms with Gasteiger partial charge in [0, 0.05) is 56.9 Å². The van der Waals surface area contributed by atoms with Crippen molar-refractivity contribution in [2.24, 2.45) is 5.92 Å². The predicted molar refractivity (Wildman–Crippen MR) is 163 cm³/mol. The van der Waals surface area contributed by atoms with Crippen LogP contribution in [-0.4, -0.2) is 116 Å². The average Bonchev–Trinajstić information content (AvgIpc) is 3.02. The summed E-state index contributed by atoms with van der Waals surface area (Å²) in [5.74, 6) is 0.432. The summed E-state index contributed by atoms with van der Waals surface area (Å²) < 4.78 is 16.9. The van der Waals surface area contributed by atoms with E-state index in [2.05, 4.69) is 15.5 Å². The minimum absolute atomic E-state index is 0.151. The fraction of sp³-hybridized carbons (Fsp3) is 0.516. The number of aliphatic hydroxyl groups excluding tert-OH is 1. The number of nitrogens with one attached hydrogen (secondary N) is 2. The first-order valence-corrected chi connectivity index (χ1v) is 14.7. The zero-order valence-corrected chi connectivity index (χ0v) is 25.4. The van der Waals surface area contributed by atoms with Crippen LogP contribution >= 0.6 is 0 Å². The Hall–Kier alpha value is -3.87. The Morgan fingerprint density at radius 2 is 1.81 bits per heavy atom. The van der Waals surface area contributed by atoms with Crippen LogP contribution in [0, 0.1) is 5.92 Å². The van der Waals surface area contributed by atoms with E-state index in [1.807, 2.05) is 6.92 Å². The van der Waals surface area contributed by atoms with Crippen LogP contribution in [0.25, 0.3) is 0 Å². The van der Waals surface area contributed by atoms with Gasteiger partial charge in [0.05, 0.1) is 45.1 Å².